The number of hydrogen-bond donors (Lipinski definition) is 2. The van der Waals surface area contributed by atoms with Crippen molar-refractivity contribution in [1.82, 2.24) is 19.8 Å². The molecule has 12 nitrogen and oxygen atoms in total. The van der Waals surface area contributed by atoms with E-state index in [-0.39, 0.29) is 21.4 Å². The third kappa shape index (κ3) is 8.73. The number of para-hydroxylation sites is 2. The quantitative estimate of drug-likeness (QED) is 0.0814. The zero-order valence-corrected chi connectivity index (χ0v) is 36.0. The van der Waals surface area contributed by atoms with Gasteiger partial charge in [-0.05, 0) is 145 Å². The van der Waals surface area contributed by atoms with E-state index in [1.807, 2.05) is 157 Å². The van der Waals surface area contributed by atoms with E-state index in [1.54, 1.807) is 26.4 Å². The first-order valence-electron chi connectivity index (χ1n) is 19.7. The Balaban J connectivity index is 0.000000186. The summed E-state index contributed by atoms with van der Waals surface area (Å²) < 4.78 is 14.2. The van der Waals surface area contributed by atoms with Crippen LogP contribution in [-0.4, -0.2) is 57.2 Å². The van der Waals surface area contributed by atoms with Crippen LogP contribution in [-0.2, 0) is 32.0 Å². The molecular formula is C48H42N6O6S2. The summed E-state index contributed by atoms with van der Waals surface area (Å²) in [6.07, 6.45) is 8.38. The lowest BCUT2D eigenvalue weighted by Crippen LogP contribution is -2.54. The van der Waals surface area contributed by atoms with E-state index >= 15 is 0 Å². The van der Waals surface area contributed by atoms with Crippen molar-refractivity contribution in [3.8, 4) is 22.9 Å². The van der Waals surface area contributed by atoms with Crippen LogP contribution >= 0.6 is 24.4 Å². The number of rotatable bonds is 10. The van der Waals surface area contributed by atoms with Gasteiger partial charge in [-0.2, -0.15) is 0 Å². The summed E-state index contributed by atoms with van der Waals surface area (Å²) in [7, 11) is 3.22. The number of ether oxygens (including phenoxy) is 2. The highest BCUT2D eigenvalue weighted by Gasteiger charge is 2.37. The molecular weight excluding hydrogens is 821 g/mol. The fourth-order valence-electron chi connectivity index (χ4n) is 7.08. The molecule has 0 spiro atoms. The average molecular weight is 863 g/mol. The van der Waals surface area contributed by atoms with E-state index in [4.69, 9.17) is 33.9 Å². The third-order valence-electron chi connectivity index (χ3n) is 10.3. The number of aromatic nitrogens is 2. The van der Waals surface area contributed by atoms with E-state index in [0.717, 1.165) is 46.8 Å². The Morgan fingerprint density at radius 3 is 1.24 bits per heavy atom. The number of nitrogens with one attached hydrogen (secondary N) is 2. The maximum Gasteiger partial charge on any atom is 0.270 e. The van der Waals surface area contributed by atoms with Gasteiger partial charge in [-0.25, -0.2) is 0 Å². The molecule has 2 aliphatic heterocycles. The third-order valence-corrected chi connectivity index (χ3v) is 10.8. The van der Waals surface area contributed by atoms with E-state index in [1.165, 1.54) is 9.80 Å². The summed E-state index contributed by atoms with van der Waals surface area (Å²) in [5.74, 6) is -0.424. The maximum absolute atomic E-state index is 13.4. The highest BCUT2D eigenvalue weighted by molar-refractivity contribution is 7.81. The van der Waals surface area contributed by atoms with Gasteiger partial charge in [0.25, 0.3) is 23.6 Å². The molecule has 6 aromatic rings. The van der Waals surface area contributed by atoms with Crippen molar-refractivity contribution in [1.29, 1.82) is 0 Å². The number of methoxy groups -OCH3 is 2. The van der Waals surface area contributed by atoms with Gasteiger partial charge in [-0.3, -0.25) is 39.6 Å². The number of nitrogens with zero attached hydrogens (tertiary/aromatic N) is 4. The standard InChI is InChI=1S/2C24H21N3O3S/c2*1-3-16-7-4-5-9-21(16)27-23(29)20(22(28)25-24(27)31)15-18-8-6-14-26(18)17-10-12-19(30-2)13-11-17/h2*4-15H,3H2,1-2H3,(H,25,28,31)/b2*20-15+. The lowest BCUT2D eigenvalue weighted by molar-refractivity contribution is -0.123. The van der Waals surface area contributed by atoms with Crippen molar-refractivity contribution < 1.29 is 28.7 Å². The van der Waals surface area contributed by atoms with E-state index in [2.05, 4.69) is 10.6 Å². The number of carbonyl (C=O) groups is 4. The van der Waals surface area contributed by atoms with Crippen LogP contribution in [0.1, 0.15) is 36.4 Å². The zero-order valence-electron chi connectivity index (χ0n) is 34.3. The predicted octanol–water partition coefficient (Wildman–Crippen LogP) is 7.76. The van der Waals surface area contributed by atoms with Gasteiger partial charge in [0.05, 0.1) is 25.6 Å². The lowest BCUT2D eigenvalue weighted by atomic mass is 10.1. The summed E-state index contributed by atoms with van der Waals surface area (Å²) >= 11 is 10.7. The molecule has 0 saturated carbocycles. The van der Waals surface area contributed by atoms with Crippen LogP contribution in [0.4, 0.5) is 11.4 Å². The fraction of sp³-hybridized carbons (Fsp3) is 0.125. The Morgan fingerprint density at radius 2 is 0.887 bits per heavy atom. The van der Waals surface area contributed by atoms with Gasteiger partial charge in [-0.15, -0.1) is 0 Å². The van der Waals surface area contributed by atoms with Gasteiger partial charge in [0.1, 0.15) is 22.6 Å². The van der Waals surface area contributed by atoms with Crippen LogP contribution in [0, 0.1) is 0 Å². The van der Waals surface area contributed by atoms with Crippen LogP contribution < -0.4 is 29.9 Å². The first-order chi connectivity index (χ1) is 30.1. The van der Waals surface area contributed by atoms with Crippen LogP contribution in [0.2, 0.25) is 0 Å². The summed E-state index contributed by atoms with van der Waals surface area (Å²) in [4.78, 5) is 54.8. The minimum Gasteiger partial charge on any atom is -0.497 e. The Hall–Kier alpha value is -7.42. The van der Waals surface area contributed by atoms with Gasteiger partial charge in [0, 0.05) is 35.2 Å². The van der Waals surface area contributed by atoms with Gasteiger partial charge < -0.3 is 18.6 Å². The van der Waals surface area contributed by atoms with Crippen molar-refractivity contribution in [3.63, 3.8) is 0 Å². The van der Waals surface area contributed by atoms with Crippen molar-refractivity contribution in [2.75, 3.05) is 24.0 Å². The molecule has 2 aliphatic rings. The largest absolute Gasteiger partial charge is 0.497 e. The minimum atomic E-state index is -0.511. The molecule has 4 amide bonds. The molecule has 0 bridgehead atoms. The van der Waals surface area contributed by atoms with Crippen molar-refractivity contribution in [2.24, 2.45) is 0 Å². The Morgan fingerprint density at radius 1 is 0.516 bits per heavy atom. The highest BCUT2D eigenvalue weighted by Crippen LogP contribution is 2.29. The number of hydrogen-bond acceptors (Lipinski definition) is 8. The molecule has 8 rings (SSSR count). The molecule has 0 unspecified atom stereocenters. The number of amides is 4. The minimum absolute atomic E-state index is 0.0213. The van der Waals surface area contributed by atoms with Gasteiger partial charge in [-0.1, -0.05) is 50.2 Å². The Kier molecular flexibility index (Phi) is 13.0. The number of carbonyl (C=O) groups excluding carboxylic acids is 4. The van der Waals surface area contributed by atoms with E-state index in [0.29, 0.717) is 22.8 Å². The predicted molar refractivity (Wildman–Crippen MR) is 249 cm³/mol. The van der Waals surface area contributed by atoms with Gasteiger partial charge >= 0.3 is 0 Å². The monoisotopic (exact) mass is 862 g/mol. The molecule has 0 radical (unpaired) electrons. The summed E-state index contributed by atoms with van der Waals surface area (Å²) in [5.41, 5.74) is 6.48. The first-order valence-corrected chi connectivity index (χ1v) is 20.5. The van der Waals surface area contributed by atoms with E-state index < -0.39 is 23.6 Å². The molecule has 0 atom stereocenters. The number of aryl methyl sites for hydroxylation is 2. The lowest BCUT2D eigenvalue weighted by Gasteiger charge is -2.30. The molecule has 62 heavy (non-hydrogen) atoms. The second kappa shape index (κ2) is 18.9. The molecule has 2 N–H and O–H groups in total. The van der Waals surface area contributed by atoms with E-state index in [9.17, 15) is 19.2 Å². The smallest absolute Gasteiger partial charge is 0.270 e. The topological polar surface area (TPSA) is 127 Å². The number of anilines is 2. The Bertz CT molecular complexity index is 2580. The number of thiocarbonyl (C=S) groups is 2. The number of benzene rings is 4. The van der Waals surface area contributed by atoms with Crippen molar-refractivity contribution in [3.05, 3.63) is 167 Å². The van der Waals surface area contributed by atoms with Crippen LogP contribution in [0.5, 0.6) is 11.5 Å². The average Bonchev–Trinajstić information content (AvgIpc) is 3.97. The molecule has 4 aromatic carbocycles. The molecule has 2 fully saturated rings. The van der Waals surface area contributed by atoms with Crippen molar-refractivity contribution >= 4 is 81.8 Å². The van der Waals surface area contributed by atoms with Gasteiger partial charge in [0.15, 0.2) is 10.2 Å². The summed E-state index contributed by atoms with van der Waals surface area (Å²) in [6.45, 7) is 4.01. The van der Waals surface area contributed by atoms with Crippen molar-refractivity contribution in [2.45, 2.75) is 26.7 Å². The first kappa shape index (κ1) is 42.7. The maximum atomic E-state index is 13.4. The highest BCUT2D eigenvalue weighted by atomic mass is 32.1. The summed E-state index contributed by atoms with van der Waals surface area (Å²) in [5, 5.41) is 5.46. The van der Waals surface area contributed by atoms with Crippen LogP contribution in [0.25, 0.3) is 23.5 Å². The zero-order chi connectivity index (χ0) is 43.9. The SMILES string of the molecule is CCc1ccccc1N1C(=O)/C(=C/c2cccn2-c2ccc(OC)cc2)C(=O)NC1=S.CCc1ccccc1N1C(=O)/C(=C/c2cccn2-c2ccc(OC)cc2)C(=O)NC1=S. The van der Waals surface area contributed by atoms with Gasteiger partial charge in [0.2, 0.25) is 0 Å². The molecule has 2 saturated heterocycles. The second-order valence-corrected chi connectivity index (χ2v) is 14.7. The van der Waals surface area contributed by atoms with Crippen LogP contribution in [0.15, 0.2) is 145 Å². The molecule has 0 aliphatic carbocycles. The summed E-state index contributed by atoms with van der Waals surface area (Å²) in [6, 6.07) is 37.5. The molecule has 2 aromatic heterocycles. The Labute approximate surface area is 369 Å². The normalized spacial score (nSPS) is 15.4. The fourth-order valence-corrected chi connectivity index (χ4v) is 7.63. The second-order valence-electron chi connectivity index (χ2n) is 13.9. The molecule has 14 heteroatoms. The molecule has 312 valence electrons. The molecule has 4 heterocycles. The van der Waals surface area contributed by atoms with Crippen LogP contribution in [0.3, 0.4) is 0 Å².